The predicted octanol–water partition coefficient (Wildman–Crippen LogP) is 3.87. The number of Topliss-reactive ketones (excluding diaryl/α,β-unsaturated/α-hetero) is 1. The van der Waals surface area contributed by atoms with Gasteiger partial charge in [0.2, 0.25) is 0 Å². The van der Waals surface area contributed by atoms with E-state index < -0.39 is 11.5 Å². The molecule has 2 N–H and O–H groups in total. The molecule has 1 aromatic carbocycles. The summed E-state index contributed by atoms with van der Waals surface area (Å²) in [7, 11) is 0. The van der Waals surface area contributed by atoms with Crippen LogP contribution in [0.3, 0.4) is 0 Å². The molecule has 180 valence electrons. The van der Waals surface area contributed by atoms with E-state index in [1.807, 2.05) is 0 Å². The third-order valence-corrected chi connectivity index (χ3v) is 8.04. The maximum Gasteiger partial charge on any atom is 0.309 e. The first-order chi connectivity index (χ1) is 15.9. The molecule has 0 aromatic heterocycles. The van der Waals surface area contributed by atoms with Crippen LogP contribution < -0.4 is 5.73 Å². The van der Waals surface area contributed by atoms with Crippen molar-refractivity contribution in [3.63, 3.8) is 0 Å². The minimum absolute atomic E-state index is 0.00271. The number of hydrogen-bond acceptors (Lipinski definition) is 5. The number of primary amides is 1. The first-order valence-corrected chi connectivity index (χ1v) is 12.4. The molecule has 4 rings (SSSR count). The molecular formula is C26H35FN2O4. The Balaban J connectivity index is 1.19. The zero-order valence-electron chi connectivity index (χ0n) is 19.3. The number of amides is 1. The molecule has 33 heavy (non-hydrogen) atoms. The Morgan fingerprint density at radius 3 is 2.15 bits per heavy atom. The number of hydrogen-bond donors (Lipinski definition) is 1. The van der Waals surface area contributed by atoms with Gasteiger partial charge in [0, 0.05) is 11.5 Å². The van der Waals surface area contributed by atoms with E-state index >= 15 is 0 Å². The van der Waals surface area contributed by atoms with Crippen LogP contribution in [0, 0.1) is 23.6 Å². The highest BCUT2D eigenvalue weighted by atomic mass is 19.1. The maximum atomic E-state index is 13.1. The third-order valence-electron chi connectivity index (χ3n) is 8.04. The Morgan fingerprint density at radius 1 is 0.970 bits per heavy atom. The van der Waals surface area contributed by atoms with E-state index in [9.17, 15) is 18.8 Å². The lowest BCUT2D eigenvalue weighted by Gasteiger charge is -2.39. The Hall–Kier alpha value is -2.28. The normalized spacial score (nSPS) is 27.0. The summed E-state index contributed by atoms with van der Waals surface area (Å²) < 4.78 is 18.8. The van der Waals surface area contributed by atoms with Gasteiger partial charge in [0.05, 0.1) is 5.92 Å². The predicted molar refractivity (Wildman–Crippen MR) is 122 cm³/mol. The number of carbonyl (C=O) groups excluding carboxylic acids is 3. The first kappa shape index (κ1) is 23.9. The van der Waals surface area contributed by atoms with Gasteiger partial charge in [0.25, 0.3) is 5.91 Å². The van der Waals surface area contributed by atoms with Gasteiger partial charge < -0.3 is 15.4 Å². The molecule has 3 fully saturated rings. The van der Waals surface area contributed by atoms with Gasteiger partial charge in [-0.2, -0.15) is 0 Å². The third kappa shape index (κ3) is 5.62. The second kappa shape index (κ2) is 10.3. The van der Waals surface area contributed by atoms with Crippen molar-refractivity contribution in [1.82, 2.24) is 4.90 Å². The van der Waals surface area contributed by atoms with E-state index in [4.69, 9.17) is 10.5 Å². The van der Waals surface area contributed by atoms with Crippen LogP contribution >= 0.6 is 0 Å². The molecule has 2 aliphatic carbocycles. The van der Waals surface area contributed by atoms with E-state index in [2.05, 4.69) is 4.90 Å². The molecule has 0 bridgehead atoms. The van der Waals surface area contributed by atoms with Crippen LogP contribution in [0.5, 0.6) is 0 Å². The number of nitrogens with two attached hydrogens (primary N) is 1. The molecule has 3 aliphatic rings. The number of carbonyl (C=O) groups is 3. The zero-order chi connectivity index (χ0) is 23.4. The number of benzene rings is 1. The van der Waals surface area contributed by atoms with Crippen molar-refractivity contribution in [2.75, 3.05) is 19.6 Å². The van der Waals surface area contributed by atoms with Gasteiger partial charge in [-0.05, 0) is 108 Å². The largest absolute Gasteiger partial charge is 0.449 e. The van der Waals surface area contributed by atoms with Gasteiger partial charge in [0.1, 0.15) is 5.82 Å². The highest BCUT2D eigenvalue weighted by Gasteiger charge is 2.45. The van der Waals surface area contributed by atoms with Crippen LogP contribution in [-0.4, -0.2) is 47.8 Å². The highest BCUT2D eigenvalue weighted by molar-refractivity contribution is 5.97. The van der Waals surface area contributed by atoms with Crippen molar-refractivity contribution in [1.29, 1.82) is 0 Å². The lowest BCUT2D eigenvalue weighted by molar-refractivity contribution is -0.178. The topological polar surface area (TPSA) is 89.7 Å². The molecule has 0 atom stereocenters. The fourth-order valence-corrected chi connectivity index (χ4v) is 5.38. The number of rotatable bonds is 8. The Morgan fingerprint density at radius 2 is 1.61 bits per heavy atom. The molecule has 1 aliphatic heterocycles. The fourth-order valence-electron chi connectivity index (χ4n) is 5.38. The average Bonchev–Trinajstić information content (AvgIpc) is 2.78. The first-order valence-electron chi connectivity index (χ1n) is 12.4. The summed E-state index contributed by atoms with van der Waals surface area (Å²) in [6.45, 7) is 2.73. The van der Waals surface area contributed by atoms with Gasteiger partial charge in [-0.3, -0.25) is 14.4 Å². The standard InChI is InChI=1S/C26H35FN2O4/c27-22-6-4-19(5-7-22)23(30)20-11-16-29(17-12-20)15-10-18-8-13-26(14-9-18,25(28)32)33-24(31)21-2-1-3-21/h4-7,18,20-21H,1-3,8-17H2,(H2,28,32). The van der Waals surface area contributed by atoms with Crippen molar-refractivity contribution >= 4 is 17.7 Å². The van der Waals surface area contributed by atoms with Crippen LogP contribution in [-0.2, 0) is 14.3 Å². The lowest BCUT2D eigenvalue weighted by atomic mass is 9.76. The Labute approximate surface area is 195 Å². The van der Waals surface area contributed by atoms with E-state index in [0.29, 0.717) is 24.3 Å². The average molecular weight is 459 g/mol. The van der Waals surface area contributed by atoms with Gasteiger partial charge in [-0.1, -0.05) is 6.42 Å². The van der Waals surface area contributed by atoms with Crippen LogP contribution in [0.15, 0.2) is 24.3 Å². The van der Waals surface area contributed by atoms with E-state index in [-0.39, 0.29) is 29.4 Å². The minimum Gasteiger partial charge on any atom is -0.449 e. The summed E-state index contributed by atoms with van der Waals surface area (Å²) in [5.41, 5.74) is 5.13. The van der Waals surface area contributed by atoms with Gasteiger partial charge in [-0.15, -0.1) is 0 Å². The SMILES string of the molecule is NC(=O)C1(OC(=O)C2CCC2)CCC(CCN2CCC(C(=O)c3ccc(F)cc3)CC2)CC1. The fraction of sp³-hybridized carbons (Fsp3) is 0.654. The van der Waals surface area contributed by atoms with Gasteiger partial charge >= 0.3 is 5.97 Å². The van der Waals surface area contributed by atoms with Crippen molar-refractivity contribution < 1.29 is 23.5 Å². The molecule has 0 radical (unpaired) electrons. The number of likely N-dealkylation sites (tertiary alicyclic amines) is 1. The van der Waals surface area contributed by atoms with E-state index in [0.717, 1.165) is 71.0 Å². The summed E-state index contributed by atoms with van der Waals surface area (Å²) in [4.78, 5) is 39.5. The summed E-state index contributed by atoms with van der Waals surface area (Å²) >= 11 is 0. The molecular weight excluding hydrogens is 423 g/mol. The number of halogens is 1. The number of ketones is 1. The van der Waals surface area contributed by atoms with Crippen molar-refractivity contribution in [2.24, 2.45) is 23.5 Å². The molecule has 7 heteroatoms. The number of nitrogens with zero attached hydrogens (tertiary/aromatic N) is 1. The van der Waals surface area contributed by atoms with Crippen molar-refractivity contribution in [3.8, 4) is 0 Å². The minimum atomic E-state index is -1.12. The lowest BCUT2D eigenvalue weighted by Crippen LogP contribution is -2.51. The molecule has 0 unspecified atom stereocenters. The molecule has 1 heterocycles. The van der Waals surface area contributed by atoms with Gasteiger partial charge in [0.15, 0.2) is 11.4 Å². The van der Waals surface area contributed by atoms with Crippen LogP contribution in [0.1, 0.15) is 74.6 Å². The number of esters is 1. The Bertz CT molecular complexity index is 852. The number of ether oxygens (including phenoxy) is 1. The van der Waals surface area contributed by atoms with Crippen molar-refractivity contribution in [2.45, 2.75) is 69.8 Å². The maximum absolute atomic E-state index is 13.1. The number of piperidine rings is 1. The summed E-state index contributed by atoms with van der Waals surface area (Å²) in [5.74, 6) is -0.550. The molecule has 1 aromatic rings. The quantitative estimate of drug-likeness (QED) is 0.472. The summed E-state index contributed by atoms with van der Waals surface area (Å²) in [6, 6.07) is 5.83. The molecule has 1 saturated heterocycles. The smallest absolute Gasteiger partial charge is 0.309 e. The molecule has 0 spiro atoms. The second-order valence-corrected chi connectivity index (χ2v) is 10.1. The van der Waals surface area contributed by atoms with E-state index in [1.54, 1.807) is 12.1 Å². The van der Waals surface area contributed by atoms with Crippen LogP contribution in [0.25, 0.3) is 0 Å². The van der Waals surface area contributed by atoms with Crippen LogP contribution in [0.2, 0.25) is 0 Å². The zero-order valence-corrected chi connectivity index (χ0v) is 19.3. The molecule has 1 amide bonds. The molecule has 6 nitrogen and oxygen atoms in total. The van der Waals surface area contributed by atoms with Crippen molar-refractivity contribution in [3.05, 3.63) is 35.6 Å². The summed E-state index contributed by atoms with van der Waals surface area (Å²) in [5, 5.41) is 0. The monoisotopic (exact) mass is 458 g/mol. The second-order valence-electron chi connectivity index (χ2n) is 10.1. The van der Waals surface area contributed by atoms with E-state index in [1.165, 1.54) is 12.1 Å². The summed E-state index contributed by atoms with van der Waals surface area (Å²) in [6.07, 6.45) is 8.11. The highest BCUT2D eigenvalue weighted by Crippen LogP contribution is 2.39. The van der Waals surface area contributed by atoms with Crippen LogP contribution in [0.4, 0.5) is 4.39 Å². The Kier molecular flexibility index (Phi) is 7.47. The van der Waals surface area contributed by atoms with Gasteiger partial charge in [-0.25, -0.2) is 4.39 Å². The molecule has 2 saturated carbocycles.